The smallest absolute Gasteiger partial charge is 0.457 e. The van der Waals surface area contributed by atoms with Crippen LogP contribution in [-0.4, -0.2) is 49.9 Å². The molecular formula is C42H86NO7P. The average molecular weight is 748 g/mol. The molecular weight excluding hydrogens is 661 g/mol. The van der Waals surface area contributed by atoms with Gasteiger partial charge in [0.2, 0.25) is 0 Å². The van der Waals surface area contributed by atoms with Gasteiger partial charge in [0.1, 0.15) is 6.10 Å². The van der Waals surface area contributed by atoms with Crippen LogP contribution in [-0.2, 0) is 27.9 Å². The molecule has 0 aliphatic rings. The van der Waals surface area contributed by atoms with Gasteiger partial charge >= 0.3 is 13.8 Å². The highest BCUT2D eigenvalue weighted by Gasteiger charge is 2.25. The predicted molar refractivity (Wildman–Crippen MR) is 215 cm³/mol. The molecule has 0 aromatic heterocycles. The Hall–Kier alpha value is -0.500. The van der Waals surface area contributed by atoms with E-state index in [1.165, 1.54) is 173 Å². The van der Waals surface area contributed by atoms with Crippen molar-refractivity contribution in [2.45, 2.75) is 232 Å². The molecule has 0 rings (SSSR count). The molecule has 3 N–H and O–H groups in total. The molecule has 9 heteroatoms. The number of rotatable bonds is 43. The third-order valence-corrected chi connectivity index (χ3v) is 10.8. The quantitative estimate of drug-likeness (QED) is 0.0360. The highest BCUT2D eigenvalue weighted by Crippen LogP contribution is 2.43. The summed E-state index contributed by atoms with van der Waals surface area (Å²) in [6.45, 7) is 4.93. The van der Waals surface area contributed by atoms with Crippen molar-refractivity contribution in [3.8, 4) is 0 Å². The first kappa shape index (κ1) is 50.5. The van der Waals surface area contributed by atoms with Crippen LogP contribution in [0.5, 0.6) is 0 Å². The van der Waals surface area contributed by atoms with E-state index in [-0.39, 0.29) is 32.3 Å². The fourth-order valence-electron chi connectivity index (χ4n) is 6.53. The van der Waals surface area contributed by atoms with Gasteiger partial charge in [-0.1, -0.05) is 206 Å². The van der Waals surface area contributed by atoms with Gasteiger partial charge in [-0.2, -0.15) is 0 Å². The molecule has 306 valence electrons. The summed E-state index contributed by atoms with van der Waals surface area (Å²) in [4.78, 5) is 22.4. The standard InChI is InChI=1S/C42H86NO7P/c1-3-5-7-9-11-12-13-14-15-16-17-18-19-20-21-22-23-24-25-26-27-28-29-31-33-35-42(44)50-41(40-49-51(45,46)48-38-36-43)39-47-37-34-32-30-10-8-6-4-2/h41H,3-40,43H2,1-2H3,(H,45,46). The van der Waals surface area contributed by atoms with Crippen LogP contribution in [0.25, 0.3) is 0 Å². The third-order valence-electron chi connectivity index (χ3n) is 9.77. The predicted octanol–water partition coefficient (Wildman–Crippen LogP) is 12.9. The van der Waals surface area contributed by atoms with Gasteiger partial charge < -0.3 is 20.1 Å². The maximum atomic E-state index is 12.5. The SMILES string of the molecule is CCCCCCCCCCCCCCCCCCCCCCCCCCCC(=O)OC(COCCCCCCCCC)COP(=O)(O)OCCN. The summed E-state index contributed by atoms with van der Waals surface area (Å²) in [6, 6.07) is 0. The van der Waals surface area contributed by atoms with Gasteiger partial charge in [-0.25, -0.2) is 4.57 Å². The molecule has 0 aliphatic carbocycles. The zero-order valence-corrected chi connectivity index (χ0v) is 34.8. The second-order valence-corrected chi connectivity index (χ2v) is 16.4. The molecule has 0 aromatic carbocycles. The third kappa shape index (κ3) is 40.5. The van der Waals surface area contributed by atoms with E-state index in [1.54, 1.807) is 0 Å². The van der Waals surface area contributed by atoms with E-state index >= 15 is 0 Å². The summed E-state index contributed by atoms with van der Waals surface area (Å²) >= 11 is 0. The van der Waals surface area contributed by atoms with Gasteiger partial charge in [-0.15, -0.1) is 0 Å². The van der Waals surface area contributed by atoms with Crippen LogP contribution in [0.4, 0.5) is 0 Å². The first-order valence-corrected chi connectivity index (χ1v) is 23.5. The maximum Gasteiger partial charge on any atom is 0.472 e. The number of nitrogens with two attached hydrogens (primary N) is 1. The number of hydrogen-bond acceptors (Lipinski definition) is 7. The second kappa shape index (κ2) is 40.7. The lowest BCUT2D eigenvalue weighted by atomic mass is 10.0. The Balaban J connectivity index is 3.75. The molecule has 0 spiro atoms. The summed E-state index contributed by atoms with van der Waals surface area (Å²) in [5.41, 5.74) is 5.35. The van der Waals surface area contributed by atoms with Crippen LogP contribution < -0.4 is 5.73 Å². The lowest BCUT2D eigenvalue weighted by molar-refractivity contribution is -0.154. The topological polar surface area (TPSA) is 117 Å². The highest BCUT2D eigenvalue weighted by atomic mass is 31.2. The van der Waals surface area contributed by atoms with Crippen molar-refractivity contribution in [1.29, 1.82) is 0 Å². The number of carbonyl (C=O) groups is 1. The molecule has 0 saturated carbocycles. The number of phosphoric acid groups is 1. The van der Waals surface area contributed by atoms with Crippen LogP contribution >= 0.6 is 7.82 Å². The number of hydrogen-bond donors (Lipinski definition) is 2. The van der Waals surface area contributed by atoms with E-state index in [9.17, 15) is 14.3 Å². The van der Waals surface area contributed by atoms with E-state index in [0.717, 1.165) is 32.1 Å². The van der Waals surface area contributed by atoms with Gasteiger partial charge in [0.25, 0.3) is 0 Å². The number of phosphoric ester groups is 1. The first-order valence-electron chi connectivity index (χ1n) is 22.0. The Morgan fingerprint density at radius 3 is 1.24 bits per heavy atom. The molecule has 51 heavy (non-hydrogen) atoms. The van der Waals surface area contributed by atoms with E-state index < -0.39 is 13.9 Å². The average Bonchev–Trinajstić information content (AvgIpc) is 3.12. The number of carbonyl (C=O) groups excluding carboxylic acids is 1. The van der Waals surface area contributed by atoms with Crippen LogP contribution in [0.3, 0.4) is 0 Å². The fourth-order valence-corrected chi connectivity index (χ4v) is 7.29. The minimum Gasteiger partial charge on any atom is -0.457 e. The maximum absolute atomic E-state index is 12.5. The summed E-state index contributed by atoms with van der Waals surface area (Å²) < 4.78 is 33.2. The van der Waals surface area contributed by atoms with Gasteiger partial charge in [0.05, 0.1) is 19.8 Å². The Bertz CT molecular complexity index is 757. The molecule has 8 nitrogen and oxygen atoms in total. The van der Waals surface area contributed by atoms with Gasteiger partial charge in [-0.05, 0) is 12.8 Å². The second-order valence-electron chi connectivity index (χ2n) is 14.9. The lowest BCUT2D eigenvalue weighted by Gasteiger charge is -2.20. The van der Waals surface area contributed by atoms with E-state index in [0.29, 0.717) is 13.0 Å². The van der Waals surface area contributed by atoms with Crippen molar-refractivity contribution in [2.24, 2.45) is 5.73 Å². The zero-order chi connectivity index (χ0) is 37.4. The molecule has 0 aliphatic heterocycles. The van der Waals surface area contributed by atoms with Gasteiger partial charge in [0.15, 0.2) is 0 Å². The van der Waals surface area contributed by atoms with Crippen molar-refractivity contribution in [3.05, 3.63) is 0 Å². The van der Waals surface area contributed by atoms with Crippen LogP contribution in [0.1, 0.15) is 226 Å². The zero-order valence-electron chi connectivity index (χ0n) is 33.9. The molecule has 2 unspecified atom stereocenters. The van der Waals surface area contributed by atoms with Crippen LogP contribution in [0.15, 0.2) is 0 Å². The van der Waals surface area contributed by atoms with E-state index in [2.05, 4.69) is 13.8 Å². The summed E-state index contributed by atoms with van der Waals surface area (Å²) in [7, 11) is -4.26. The number of ether oxygens (including phenoxy) is 2. The Morgan fingerprint density at radius 2 is 0.863 bits per heavy atom. The normalized spacial score (nSPS) is 13.4. The van der Waals surface area contributed by atoms with Crippen molar-refractivity contribution in [1.82, 2.24) is 0 Å². The van der Waals surface area contributed by atoms with Gasteiger partial charge in [0, 0.05) is 19.6 Å². The molecule has 0 bridgehead atoms. The minimum atomic E-state index is -4.26. The van der Waals surface area contributed by atoms with Crippen molar-refractivity contribution in [2.75, 3.05) is 33.0 Å². The summed E-state index contributed by atoms with van der Waals surface area (Å²) in [5, 5.41) is 0. The van der Waals surface area contributed by atoms with Crippen molar-refractivity contribution >= 4 is 13.8 Å². The molecule has 0 heterocycles. The Labute approximate surface area is 316 Å². The molecule has 0 saturated heterocycles. The fraction of sp³-hybridized carbons (Fsp3) is 0.976. The number of unbranched alkanes of at least 4 members (excludes halogenated alkanes) is 30. The largest absolute Gasteiger partial charge is 0.472 e. The van der Waals surface area contributed by atoms with Gasteiger partial charge in [-0.3, -0.25) is 13.8 Å². The summed E-state index contributed by atoms with van der Waals surface area (Å²) in [5.74, 6) is -0.326. The molecule has 0 aromatic rings. The van der Waals surface area contributed by atoms with Crippen molar-refractivity contribution < 1.29 is 32.8 Å². The van der Waals surface area contributed by atoms with Crippen molar-refractivity contribution in [3.63, 3.8) is 0 Å². The molecule has 0 radical (unpaired) electrons. The van der Waals surface area contributed by atoms with Crippen LogP contribution in [0, 0.1) is 0 Å². The van der Waals surface area contributed by atoms with E-state index in [4.69, 9.17) is 24.3 Å². The van der Waals surface area contributed by atoms with E-state index in [1.807, 2.05) is 0 Å². The monoisotopic (exact) mass is 748 g/mol. The minimum absolute atomic E-state index is 0.0907. The number of esters is 1. The molecule has 0 amide bonds. The Kier molecular flexibility index (Phi) is 40.3. The lowest BCUT2D eigenvalue weighted by Crippen LogP contribution is -2.28. The highest BCUT2D eigenvalue weighted by molar-refractivity contribution is 7.47. The molecule has 2 atom stereocenters. The first-order chi connectivity index (χ1) is 24.9. The van der Waals surface area contributed by atoms with Crippen LogP contribution in [0.2, 0.25) is 0 Å². The molecule has 0 fully saturated rings. The Morgan fingerprint density at radius 1 is 0.510 bits per heavy atom. The summed E-state index contributed by atoms with van der Waals surface area (Å²) in [6.07, 6.45) is 41.5.